The zero-order valence-corrected chi connectivity index (χ0v) is 13.3. The van der Waals surface area contributed by atoms with Crippen LogP contribution in [-0.4, -0.2) is 7.11 Å². The molecule has 100 valence electrons. The van der Waals surface area contributed by atoms with E-state index in [0.29, 0.717) is 0 Å². The van der Waals surface area contributed by atoms with E-state index in [0.717, 1.165) is 27.2 Å². The van der Waals surface area contributed by atoms with E-state index in [1.54, 1.807) is 18.9 Å². The maximum absolute atomic E-state index is 5.92. The first-order chi connectivity index (χ1) is 9.11. The molecule has 0 saturated heterocycles. The summed E-state index contributed by atoms with van der Waals surface area (Å²) in [6.45, 7) is 2.05. The summed E-state index contributed by atoms with van der Waals surface area (Å²) in [6, 6.07) is 12.0. The summed E-state index contributed by atoms with van der Waals surface area (Å²) >= 11 is 5.35. The van der Waals surface area contributed by atoms with Gasteiger partial charge in [0.1, 0.15) is 5.75 Å². The van der Waals surface area contributed by atoms with Gasteiger partial charge in [-0.05, 0) is 48.4 Å². The highest BCUT2D eigenvalue weighted by molar-refractivity contribution is 9.10. The van der Waals surface area contributed by atoms with Crippen molar-refractivity contribution in [1.29, 1.82) is 0 Å². The Balaban J connectivity index is 2.16. The number of nitrogens with two attached hydrogens (primary N) is 1. The smallest absolute Gasteiger partial charge is 0.119 e. The van der Waals surface area contributed by atoms with Gasteiger partial charge in [-0.3, -0.25) is 0 Å². The Morgan fingerprint density at radius 2 is 2.05 bits per heavy atom. The van der Waals surface area contributed by atoms with E-state index in [1.807, 2.05) is 24.3 Å². The fourth-order valence-electron chi connectivity index (χ4n) is 1.73. The quantitative estimate of drug-likeness (QED) is 0.651. The number of rotatable bonds is 4. The summed E-state index contributed by atoms with van der Waals surface area (Å²) in [6.07, 6.45) is 0. The van der Waals surface area contributed by atoms with Crippen LogP contribution in [0.1, 0.15) is 11.1 Å². The van der Waals surface area contributed by atoms with Gasteiger partial charge in [0.25, 0.3) is 0 Å². The van der Waals surface area contributed by atoms with Gasteiger partial charge in [-0.1, -0.05) is 22.0 Å². The van der Waals surface area contributed by atoms with Crippen LogP contribution in [0, 0.1) is 6.92 Å². The van der Waals surface area contributed by atoms with E-state index in [4.69, 9.17) is 10.5 Å². The molecule has 0 heterocycles. The number of methoxy groups -OCH3 is 1. The molecular weight excluding hydrogens is 322 g/mol. The van der Waals surface area contributed by atoms with Crippen molar-refractivity contribution in [2.75, 3.05) is 12.8 Å². The molecular formula is C15H16BrNOS. The van der Waals surface area contributed by atoms with E-state index in [-0.39, 0.29) is 0 Å². The third-order valence-electron chi connectivity index (χ3n) is 2.96. The molecule has 2 aromatic carbocycles. The van der Waals surface area contributed by atoms with Crippen molar-refractivity contribution in [1.82, 2.24) is 0 Å². The van der Waals surface area contributed by atoms with Crippen LogP contribution in [0.15, 0.2) is 45.8 Å². The molecule has 0 aliphatic heterocycles. The molecule has 0 aliphatic carbocycles. The zero-order chi connectivity index (χ0) is 13.8. The second-order valence-corrected chi connectivity index (χ2v) is 6.09. The topological polar surface area (TPSA) is 35.2 Å². The number of anilines is 1. The predicted molar refractivity (Wildman–Crippen MR) is 85.8 cm³/mol. The van der Waals surface area contributed by atoms with Crippen molar-refractivity contribution in [3.8, 4) is 5.75 Å². The molecule has 2 rings (SSSR count). The largest absolute Gasteiger partial charge is 0.497 e. The lowest BCUT2D eigenvalue weighted by atomic mass is 10.2. The molecule has 0 spiro atoms. The van der Waals surface area contributed by atoms with Crippen LogP contribution >= 0.6 is 27.7 Å². The molecule has 0 aromatic heterocycles. The Labute approximate surface area is 126 Å². The first-order valence-electron chi connectivity index (χ1n) is 5.92. The second kappa shape index (κ2) is 6.35. The van der Waals surface area contributed by atoms with Gasteiger partial charge in [-0.2, -0.15) is 0 Å². The average Bonchev–Trinajstić information content (AvgIpc) is 2.42. The molecule has 0 aliphatic rings. The first-order valence-corrected chi connectivity index (χ1v) is 7.70. The second-order valence-electron chi connectivity index (χ2n) is 4.22. The van der Waals surface area contributed by atoms with Crippen LogP contribution in [0.25, 0.3) is 0 Å². The Hall–Kier alpha value is -1.13. The first kappa shape index (κ1) is 14.3. The Bertz CT molecular complexity index is 586. The van der Waals surface area contributed by atoms with Crippen molar-refractivity contribution >= 4 is 33.4 Å². The minimum Gasteiger partial charge on any atom is -0.497 e. The number of ether oxygens (including phenoxy) is 1. The Morgan fingerprint density at radius 3 is 2.79 bits per heavy atom. The van der Waals surface area contributed by atoms with Gasteiger partial charge in [0.15, 0.2) is 0 Å². The number of halogens is 1. The van der Waals surface area contributed by atoms with Crippen LogP contribution in [0.2, 0.25) is 0 Å². The van der Waals surface area contributed by atoms with E-state index >= 15 is 0 Å². The molecule has 4 heteroatoms. The highest BCUT2D eigenvalue weighted by atomic mass is 79.9. The molecule has 0 fully saturated rings. The van der Waals surface area contributed by atoms with Gasteiger partial charge in [0.2, 0.25) is 0 Å². The van der Waals surface area contributed by atoms with Gasteiger partial charge < -0.3 is 10.5 Å². The van der Waals surface area contributed by atoms with E-state index in [2.05, 4.69) is 35.0 Å². The zero-order valence-electron chi connectivity index (χ0n) is 10.9. The number of nitrogen functional groups attached to an aromatic ring is 1. The minimum absolute atomic E-state index is 0.842. The van der Waals surface area contributed by atoms with Crippen LogP contribution in [0.5, 0.6) is 5.75 Å². The average molecular weight is 338 g/mol. The maximum Gasteiger partial charge on any atom is 0.119 e. The molecule has 0 amide bonds. The standard InChI is InChI=1S/C15H16BrNOS/c1-10-14(17)4-3-5-15(10)19-9-11-8-12(18-2)6-7-13(11)16/h3-8H,9,17H2,1-2H3. The molecule has 2 N–H and O–H groups in total. The lowest BCUT2D eigenvalue weighted by molar-refractivity contribution is 0.414. The van der Waals surface area contributed by atoms with Gasteiger partial charge in [0, 0.05) is 20.8 Å². The van der Waals surface area contributed by atoms with E-state index < -0.39 is 0 Å². The summed E-state index contributed by atoms with van der Waals surface area (Å²) in [5.41, 5.74) is 9.12. The highest BCUT2D eigenvalue weighted by Crippen LogP contribution is 2.32. The molecule has 0 bridgehead atoms. The monoisotopic (exact) mass is 337 g/mol. The molecule has 0 atom stereocenters. The molecule has 2 nitrogen and oxygen atoms in total. The minimum atomic E-state index is 0.842. The van der Waals surface area contributed by atoms with Crippen LogP contribution < -0.4 is 10.5 Å². The summed E-state index contributed by atoms with van der Waals surface area (Å²) in [5.74, 6) is 1.75. The molecule has 2 aromatic rings. The van der Waals surface area contributed by atoms with E-state index in [1.165, 1.54) is 10.5 Å². The summed E-state index contributed by atoms with van der Waals surface area (Å²) in [7, 11) is 1.68. The van der Waals surface area contributed by atoms with Crippen molar-refractivity contribution in [3.05, 3.63) is 52.0 Å². The van der Waals surface area contributed by atoms with Gasteiger partial charge in [-0.15, -0.1) is 11.8 Å². The van der Waals surface area contributed by atoms with E-state index in [9.17, 15) is 0 Å². The normalized spacial score (nSPS) is 10.5. The number of thioether (sulfide) groups is 1. The van der Waals surface area contributed by atoms with Gasteiger partial charge in [0.05, 0.1) is 7.11 Å². The van der Waals surface area contributed by atoms with Gasteiger partial charge in [-0.25, -0.2) is 0 Å². The fourth-order valence-corrected chi connectivity index (χ4v) is 3.36. The predicted octanol–water partition coefficient (Wildman–Crippen LogP) is 4.64. The lowest BCUT2D eigenvalue weighted by Crippen LogP contribution is -1.92. The number of hydrogen-bond acceptors (Lipinski definition) is 3. The Morgan fingerprint density at radius 1 is 1.26 bits per heavy atom. The molecule has 0 saturated carbocycles. The van der Waals surface area contributed by atoms with Gasteiger partial charge >= 0.3 is 0 Å². The third-order valence-corrected chi connectivity index (χ3v) is 4.94. The van der Waals surface area contributed by atoms with Crippen LogP contribution in [0.3, 0.4) is 0 Å². The van der Waals surface area contributed by atoms with Crippen LogP contribution in [-0.2, 0) is 5.75 Å². The summed E-state index contributed by atoms with van der Waals surface area (Å²) < 4.78 is 6.35. The Kier molecular flexibility index (Phi) is 4.77. The fraction of sp³-hybridized carbons (Fsp3) is 0.200. The van der Waals surface area contributed by atoms with Crippen molar-refractivity contribution < 1.29 is 4.74 Å². The summed E-state index contributed by atoms with van der Waals surface area (Å²) in [5, 5.41) is 0. The molecule has 0 radical (unpaired) electrons. The van der Waals surface area contributed by atoms with Crippen molar-refractivity contribution in [3.63, 3.8) is 0 Å². The SMILES string of the molecule is COc1ccc(Br)c(CSc2cccc(N)c2C)c1. The molecule has 0 unspecified atom stereocenters. The lowest BCUT2D eigenvalue weighted by Gasteiger charge is -2.10. The van der Waals surface area contributed by atoms with Crippen LogP contribution in [0.4, 0.5) is 5.69 Å². The number of hydrogen-bond donors (Lipinski definition) is 1. The third kappa shape index (κ3) is 3.45. The summed E-state index contributed by atoms with van der Waals surface area (Å²) in [4.78, 5) is 1.22. The highest BCUT2D eigenvalue weighted by Gasteiger charge is 2.06. The number of benzene rings is 2. The van der Waals surface area contributed by atoms with Crippen molar-refractivity contribution in [2.45, 2.75) is 17.6 Å². The molecule has 19 heavy (non-hydrogen) atoms. The maximum atomic E-state index is 5.92. The van der Waals surface area contributed by atoms with Crippen molar-refractivity contribution in [2.24, 2.45) is 0 Å².